The number of hydrogen-bond acceptors (Lipinski definition) is 0. The zero-order valence-corrected chi connectivity index (χ0v) is 23.3. The van der Waals surface area contributed by atoms with Crippen molar-refractivity contribution < 1.29 is 0 Å². The fourth-order valence-electron chi connectivity index (χ4n) is 8.16. The summed E-state index contributed by atoms with van der Waals surface area (Å²) in [7, 11) is 0. The predicted molar refractivity (Wildman–Crippen MR) is 172 cm³/mol. The second-order valence-electron chi connectivity index (χ2n) is 12.1. The maximum Gasteiger partial charge on any atom is 0.152 e. The molecule has 0 atom stereocenters. The lowest BCUT2D eigenvalue weighted by atomic mass is 9.78. The van der Waals surface area contributed by atoms with Gasteiger partial charge in [-0.3, -0.25) is 0 Å². The number of allylic oxidation sites excluding steroid dienone is 4. The lowest BCUT2D eigenvalue weighted by molar-refractivity contribution is 0.360. The first-order chi connectivity index (χ1) is 20.1. The highest BCUT2D eigenvalue weighted by Gasteiger charge is 2.51. The van der Waals surface area contributed by atoms with Gasteiger partial charge in [-0.05, 0) is 41.0 Å². The molecule has 2 nitrogen and oxygen atoms in total. The van der Waals surface area contributed by atoms with Crippen LogP contribution in [0.15, 0.2) is 139 Å². The number of aromatic nitrogens is 2. The third kappa shape index (κ3) is 2.73. The van der Waals surface area contributed by atoms with E-state index in [4.69, 9.17) is 0 Å². The van der Waals surface area contributed by atoms with Gasteiger partial charge in [-0.2, -0.15) is 0 Å². The van der Waals surface area contributed by atoms with Crippen molar-refractivity contribution in [1.29, 1.82) is 0 Å². The highest BCUT2D eigenvalue weighted by atomic mass is 15.3. The summed E-state index contributed by atoms with van der Waals surface area (Å²) in [6, 6.07) is 45.0. The van der Waals surface area contributed by atoms with Gasteiger partial charge in [-0.1, -0.05) is 123 Å². The molecule has 0 aliphatic heterocycles. The minimum Gasteiger partial charge on any atom is -0.312 e. The molecule has 2 aliphatic rings. The molecule has 0 N–H and O–H groups in total. The van der Waals surface area contributed by atoms with Crippen molar-refractivity contribution in [2.24, 2.45) is 0 Å². The summed E-state index contributed by atoms with van der Waals surface area (Å²) in [4.78, 5) is 0. The maximum atomic E-state index is 2.67. The number of para-hydroxylation sites is 4. The second kappa shape index (κ2) is 7.89. The Kier molecular flexibility index (Phi) is 4.41. The molecule has 0 unspecified atom stereocenters. The second-order valence-corrected chi connectivity index (χ2v) is 12.1. The van der Waals surface area contributed by atoms with Crippen molar-refractivity contribution in [2.75, 3.05) is 0 Å². The zero-order chi connectivity index (χ0) is 27.3. The molecule has 0 radical (unpaired) electrons. The lowest BCUT2D eigenvalue weighted by Crippen LogP contribution is -2.43. The third-order valence-corrected chi connectivity index (χ3v) is 9.80. The van der Waals surface area contributed by atoms with E-state index in [1.807, 2.05) is 0 Å². The first-order valence-corrected chi connectivity index (χ1v) is 14.6. The Morgan fingerprint density at radius 3 is 1.41 bits per heavy atom. The molecule has 7 aromatic rings. The van der Waals surface area contributed by atoms with Crippen LogP contribution in [0.25, 0.3) is 49.2 Å². The van der Waals surface area contributed by atoms with E-state index in [2.05, 4.69) is 156 Å². The standard InChI is InChI=1S/C39H30N2/c1-38(2)31-19-8-3-18-30(31)37-32(38)20-13-25-39(37,40-33-21-9-4-14-26(33)27-15-5-10-22-34(27)40)41-35-23-11-6-16-28(35)29-17-7-12-24-36(29)41/h3-24H,25H2,1-2H3. The van der Waals surface area contributed by atoms with Crippen LogP contribution in [0.3, 0.4) is 0 Å². The van der Waals surface area contributed by atoms with E-state index in [0.29, 0.717) is 0 Å². The Balaban J connectivity index is 1.58. The summed E-state index contributed by atoms with van der Waals surface area (Å²) in [5.41, 5.74) is 10.0. The van der Waals surface area contributed by atoms with Crippen molar-refractivity contribution in [3.8, 4) is 0 Å². The Labute approximate surface area is 239 Å². The van der Waals surface area contributed by atoms with Crippen LogP contribution in [0.5, 0.6) is 0 Å². The number of fused-ring (bicyclic) bond motifs is 8. The van der Waals surface area contributed by atoms with E-state index in [1.54, 1.807) is 0 Å². The molecular weight excluding hydrogens is 496 g/mol. The van der Waals surface area contributed by atoms with Crippen LogP contribution < -0.4 is 0 Å². The SMILES string of the molecule is CC1(C)C2=C(c3ccccc31)C(n1c3ccccc3c3ccccc31)(n1c3ccccc3c3ccccc31)CC=C2. The van der Waals surface area contributed by atoms with E-state index < -0.39 is 5.66 Å². The average Bonchev–Trinajstić information content (AvgIpc) is 3.62. The molecule has 2 heteroatoms. The number of benzene rings is 5. The highest BCUT2D eigenvalue weighted by Crippen LogP contribution is 2.58. The van der Waals surface area contributed by atoms with Crippen LogP contribution >= 0.6 is 0 Å². The fourth-order valence-corrected chi connectivity index (χ4v) is 8.16. The van der Waals surface area contributed by atoms with Gasteiger partial charge in [-0.15, -0.1) is 0 Å². The van der Waals surface area contributed by atoms with E-state index in [1.165, 1.54) is 65.9 Å². The van der Waals surface area contributed by atoms with E-state index in [-0.39, 0.29) is 5.41 Å². The molecule has 0 saturated carbocycles. The molecule has 0 bridgehead atoms. The number of rotatable bonds is 2. The summed E-state index contributed by atoms with van der Waals surface area (Å²) >= 11 is 0. The molecule has 0 saturated heterocycles. The first-order valence-electron chi connectivity index (χ1n) is 14.6. The van der Waals surface area contributed by atoms with Crippen molar-refractivity contribution in [3.05, 3.63) is 150 Å². The minimum absolute atomic E-state index is 0.106. The van der Waals surface area contributed by atoms with Crippen molar-refractivity contribution in [1.82, 2.24) is 9.13 Å². The summed E-state index contributed by atoms with van der Waals surface area (Å²) in [6.07, 6.45) is 5.69. The predicted octanol–water partition coefficient (Wildman–Crippen LogP) is 9.81. The molecule has 0 spiro atoms. The van der Waals surface area contributed by atoms with Crippen LogP contribution in [0.2, 0.25) is 0 Å². The van der Waals surface area contributed by atoms with E-state index >= 15 is 0 Å². The van der Waals surface area contributed by atoms with Gasteiger partial charge in [0.25, 0.3) is 0 Å². The van der Waals surface area contributed by atoms with Crippen LogP contribution in [0.4, 0.5) is 0 Å². The van der Waals surface area contributed by atoms with E-state index in [0.717, 1.165) is 6.42 Å². The Hall–Kier alpha value is -4.82. The van der Waals surface area contributed by atoms with Gasteiger partial charge in [0.2, 0.25) is 0 Å². The Morgan fingerprint density at radius 2 is 0.927 bits per heavy atom. The lowest BCUT2D eigenvalue weighted by Gasteiger charge is -2.43. The first kappa shape index (κ1) is 22.9. The fraction of sp³-hybridized carbons (Fsp3) is 0.128. The molecule has 2 aliphatic carbocycles. The molecule has 0 amide bonds. The Morgan fingerprint density at radius 1 is 0.512 bits per heavy atom. The minimum atomic E-state index is -0.528. The number of hydrogen-bond donors (Lipinski definition) is 0. The molecule has 2 heterocycles. The molecule has 196 valence electrons. The highest BCUT2D eigenvalue weighted by molar-refractivity contribution is 6.11. The summed E-state index contributed by atoms with van der Waals surface area (Å²) < 4.78 is 5.35. The molecule has 5 aromatic carbocycles. The molecular formula is C39H30N2. The zero-order valence-electron chi connectivity index (χ0n) is 23.3. The normalized spacial score (nSPS) is 17.1. The average molecular weight is 527 g/mol. The summed E-state index contributed by atoms with van der Waals surface area (Å²) in [6.45, 7) is 4.79. The van der Waals surface area contributed by atoms with Gasteiger partial charge in [0.15, 0.2) is 5.66 Å². The van der Waals surface area contributed by atoms with Gasteiger partial charge in [0.05, 0.1) is 22.1 Å². The van der Waals surface area contributed by atoms with Crippen molar-refractivity contribution >= 4 is 49.2 Å². The van der Waals surface area contributed by atoms with Crippen LogP contribution in [0, 0.1) is 0 Å². The summed E-state index contributed by atoms with van der Waals surface area (Å²) in [5.74, 6) is 0. The molecule has 41 heavy (non-hydrogen) atoms. The smallest absolute Gasteiger partial charge is 0.152 e. The van der Waals surface area contributed by atoms with Crippen LogP contribution in [0.1, 0.15) is 31.4 Å². The van der Waals surface area contributed by atoms with Gasteiger partial charge in [-0.25, -0.2) is 0 Å². The van der Waals surface area contributed by atoms with Gasteiger partial charge >= 0.3 is 0 Å². The number of nitrogens with zero attached hydrogens (tertiary/aromatic N) is 2. The Bertz CT molecular complexity index is 2050. The summed E-state index contributed by atoms with van der Waals surface area (Å²) in [5, 5.41) is 5.19. The quantitative estimate of drug-likeness (QED) is 0.212. The van der Waals surface area contributed by atoms with Crippen LogP contribution in [-0.4, -0.2) is 9.13 Å². The van der Waals surface area contributed by atoms with Gasteiger partial charge < -0.3 is 9.13 Å². The third-order valence-electron chi connectivity index (χ3n) is 9.80. The van der Waals surface area contributed by atoms with Crippen LogP contribution in [-0.2, 0) is 11.1 Å². The van der Waals surface area contributed by atoms with Crippen molar-refractivity contribution in [3.63, 3.8) is 0 Å². The topological polar surface area (TPSA) is 9.86 Å². The monoisotopic (exact) mass is 526 g/mol. The van der Waals surface area contributed by atoms with E-state index in [9.17, 15) is 0 Å². The molecule has 0 fully saturated rings. The van der Waals surface area contributed by atoms with Gasteiger partial charge in [0, 0.05) is 39.0 Å². The molecule has 9 rings (SSSR count). The largest absolute Gasteiger partial charge is 0.312 e. The van der Waals surface area contributed by atoms with Crippen molar-refractivity contribution in [2.45, 2.75) is 31.3 Å². The maximum absolute atomic E-state index is 2.67. The molecule has 2 aromatic heterocycles. The van der Waals surface area contributed by atoms with Gasteiger partial charge in [0.1, 0.15) is 0 Å².